The van der Waals surface area contributed by atoms with E-state index in [0.717, 1.165) is 24.3 Å². The van der Waals surface area contributed by atoms with Crippen LogP contribution in [0.25, 0.3) is 0 Å². The van der Waals surface area contributed by atoms with Gasteiger partial charge in [0.05, 0.1) is 6.10 Å². The summed E-state index contributed by atoms with van der Waals surface area (Å²) in [6.07, 6.45) is 2.75. The van der Waals surface area contributed by atoms with Crippen molar-refractivity contribution in [3.63, 3.8) is 0 Å². The minimum Gasteiger partial charge on any atom is -0.356 e. The van der Waals surface area contributed by atoms with Crippen LogP contribution in [0.15, 0.2) is 18.3 Å². The van der Waals surface area contributed by atoms with Gasteiger partial charge >= 0.3 is 0 Å². The SMILES string of the molecule is CC(Cc1ccc(C#C[Si](C)(C)C)cn1)OCOCC[Si](C)(C)C. The molecule has 0 radical (unpaired) electrons. The molecular formula is C19H33NO2Si2. The molecule has 1 atom stereocenters. The molecule has 0 spiro atoms. The van der Waals surface area contributed by atoms with Crippen molar-refractivity contribution in [2.45, 2.75) is 64.8 Å². The molecular weight excluding hydrogens is 330 g/mol. The lowest BCUT2D eigenvalue weighted by Crippen LogP contribution is -2.22. The van der Waals surface area contributed by atoms with Crippen molar-refractivity contribution in [3.05, 3.63) is 29.6 Å². The van der Waals surface area contributed by atoms with Crippen LogP contribution in [-0.2, 0) is 15.9 Å². The van der Waals surface area contributed by atoms with E-state index in [1.54, 1.807) is 0 Å². The fourth-order valence-corrected chi connectivity index (χ4v) is 3.11. The van der Waals surface area contributed by atoms with Gasteiger partial charge in [-0.1, -0.05) is 45.2 Å². The Morgan fingerprint density at radius 2 is 1.83 bits per heavy atom. The van der Waals surface area contributed by atoms with Gasteiger partial charge in [0.15, 0.2) is 0 Å². The Hall–Kier alpha value is -0.936. The van der Waals surface area contributed by atoms with Crippen LogP contribution >= 0.6 is 0 Å². The van der Waals surface area contributed by atoms with E-state index < -0.39 is 16.1 Å². The maximum atomic E-state index is 5.71. The van der Waals surface area contributed by atoms with E-state index in [0.29, 0.717) is 6.79 Å². The summed E-state index contributed by atoms with van der Waals surface area (Å²) in [7, 11) is -2.35. The van der Waals surface area contributed by atoms with Gasteiger partial charge < -0.3 is 9.47 Å². The van der Waals surface area contributed by atoms with E-state index in [4.69, 9.17) is 9.47 Å². The molecule has 24 heavy (non-hydrogen) atoms. The number of aromatic nitrogens is 1. The predicted molar refractivity (Wildman–Crippen MR) is 108 cm³/mol. The van der Waals surface area contributed by atoms with Crippen molar-refractivity contribution in [3.8, 4) is 11.5 Å². The zero-order chi connectivity index (χ0) is 18.2. The fraction of sp³-hybridized carbons (Fsp3) is 0.632. The minimum atomic E-state index is -1.33. The molecule has 1 rings (SSSR count). The van der Waals surface area contributed by atoms with Gasteiger partial charge in [0.25, 0.3) is 0 Å². The van der Waals surface area contributed by atoms with Crippen LogP contribution in [-0.4, -0.2) is 40.6 Å². The lowest BCUT2D eigenvalue weighted by atomic mass is 10.2. The van der Waals surface area contributed by atoms with Crippen LogP contribution < -0.4 is 0 Å². The lowest BCUT2D eigenvalue weighted by Gasteiger charge is -2.17. The highest BCUT2D eigenvalue weighted by molar-refractivity contribution is 6.83. The van der Waals surface area contributed by atoms with Gasteiger partial charge in [-0.2, -0.15) is 0 Å². The summed E-state index contributed by atoms with van der Waals surface area (Å²) < 4.78 is 11.3. The van der Waals surface area contributed by atoms with Crippen molar-refractivity contribution < 1.29 is 9.47 Å². The molecule has 3 nitrogen and oxygen atoms in total. The average Bonchev–Trinajstić information content (AvgIpc) is 2.44. The Balaban J connectivity index is 2.34. The summed E-state index contributed by atoms with van der Waals surface area (Å²) in [6, 6.07) is 5.26. The highest BCUT2D eigenvalue weighted by atomic mass is 28.3. The van der Waals surface area contributed by atoms with Gasteiger partial charge in [0, 0.05) is 38.6 Å². The van der Waals surface area contributed by atoms with E-state index >= 15 is 0 Å². The Bertz CT molecular complexity index is 548. The Morgan fingerprint density at radius 1 is 1.12 bits per heavy atom. The van der Waals surface area contributed by atoms with Gasteiger partial charge in [0.1, 0.15) is 14.9 Å². The van der Waals surface area contributed by atoms with Crippen molar-refractivity contribution >= 4 is 16.1 Å². The smallest absolute Gasteiger partial charge is 0.147 e. The van der Waals surface area contributed by atoms with Crippen LogP contribution in [0.5, 0.6) is 0 Å². The molecule has 0 saturated carbocycles. The van der Waals surface area contributed by atoms with E-state index in [2.05, 4.69) is 62.7 Å². The summed E-state index contributed by atoms with van der Waals surface area (Å²) in [6.45, 7) is 17.0. The highest BCUT2D eigenvalue weighted by Crippen LogP contribution is 2.09. The largest absolute Gasteiger partial charge is 0.356 e. The van der Waals surface area contributed by atoms with Gasteiger partial charge in [0.2, 0.25) is 0 Å². The number of hydrogen-bond donors (Lipinski definition) is 0. The molecule has 5 heteroatoms. The van der Waals surface area contributed by atoms with E-state index in [1.807, 2.05) is 18.3 Å². The summed E-state index contributed by atoms with van der Waals surface area (Å²) in [5, 5.41) is 0. The van der Waals surface area contributed by atoms with Gasteiger partial charge in [-0.05, 0) is 25.1 Å². The number of nitrogens with zero attached hydrogens (tertiary/aromatic N) is 1. The maximum Gasteiger partial charge on any atom is 0.147 e. The summed E-state index contributed by atoms with van der Waals surface area (Å²) >= 11 is 0. The third kappa shape index (κ3) is 10.8. The van der Waals surface area contributed by atoms with Crippen molar-refractivity contribution in [2.75, 3.05) is 13.4 Å². The van der Waals surface area contributed by atoms with Crippen LogP contribution in [0.1, 0.15) is 18.2 Å². The Morgan fingerprint density at radius 3 is 2.38 bits per heavy atom. The molecule has 0 saturated heterocycles. The Kier molecular flexibility index (Phi) is 8.37. The number of hydrogen-bond acceptors (Lipinski definition) is 3. The molecule has 1 heterocycles. The van der Waals surface area contributed by atoms with E-state index in [9.17, 15) is 0 Å². The lowest BCUT2D eigenvalue weighted by molar-refractivity contribution is -0.0801. The molecule has 0 N–H and O–H groups in total. The normalized spacial score (nSPS) is 13.3. The topological polar surface area (TPSA) is 31.4 Å². The van der Waals surface area contributed by atoms with Crippen LogP contribution in [0, 0.1) is 11.5 Å². The third-order valence-electron chi connectivity index (χ3n) is 3.34. The number of pyridine rings is 1. The van der Waals surface area contributed by atoms with Crippen LogP contribution in [0.4, 0.5) is 0 Å². The molecule has 1 aromatic rings. The number of rotatable bonds is 8. The zero-order valence-corrected chi connectivity index (χ0v) is 18.4. The average molecular weight is 364 g/mol. The van der Waals surface area contributed by atoms with Gasteiger partial charge in [-0.25, -0.2) is 0 Å². The second kappa shape index (κ2) is 9.52. The van der Waals surface area contributed by atoms with Crippen LogP contribution in [0.2, 0.25) is 45.3 Å². The Labute approximate surface area is 150 Å². The first-order valence-electron chi connectivity index (χ1n) is 8.73. The molecule has 0 aromatic carbocycles. The monoisotopic (exact) mass is 363 g/mol. The molecule has 0 aliphatic carbocycles. The van der Waals surface area contributed by atoms with Crippen molar-refractivity contribution in [1.82, 2.24) is 4.98 Å². The second-order valence-electron chi connectivity index (χ2n) is 8.56. The molecule has 1 unspecified atom stereocenters. The predicted octanol–water partition coefficient (Wildman–Crippen LogP) is 4.57. The second-order valence-corrected chi connectivity index (χ2v) is 18.9. The fourth-order valence-electron chi connectivity index (χ4n) is 1.83. The summed E-state index contributed by atoms with van der Waals surface area (Å²) in [4.78, 5) is 4.49. The van der Waals surface area contributed by atoms with Gasteiger partial charge in [-0.15, -0.1) is 5.54 Å². The summed E-state index contributed by atoms with van der Waals surface area (Å²) in [5.41, 5.74) is 5.38. The molecule has 1 aromatic heterocycles. The minimum absolute atomic E-state index is 0.100. The summed E-state index contributed by atoms with van der Waals surface area (Å²) in [5.74, 6) is 3.23. The van der Waals surface area contributed by atoms with Gasteiger partial charge in [-0.3, -0.25) is 4.98 Å². The van der Waals surface area contributed by atoms with Crippen molar-refractivity contribution in [2.24, 2.45) is 0 Å². The highest BCUT2D eigenvalue weighted by Gasteiger charge is 2.12. The number of ether oxygens (including phenoxy) is 2. The molecule has 134 valence electrons. The quantitative estimate of drug-likeness (QED) is 0.293. The molecule has 0 aliphatic heterocycles. The van der Waals surface area contributed by atoms with E-state index in [-0.39, 0.29) is 6.10 Å². The van der Waals surface area contributed by atoms with Crippen molar-refractivity contribution in [1.29, 1.82) is 0 Å². The standard InChI is InChI=1S/C19H33NO2Si2/c1-17(22-16-21-11-13-24(5,6)7)14-19-9-8-18(15-20-19)10-12-23(2,3)4/h8-9,15,17H,11,13-14,16H2,1-7H3. The molecule has 0 amide bonds. The molecule has 0 fully saturated rings. The first-order valence-corrected chi connectivity index (χ1v) is 15.9. The maximum absolute atomic E-state index is 5.71. The molecule has 0 bridgehead atoms. The first kappa shape index (κ1) is 21.1. The third-order valence-corrected chi connectivity index (χ3v) is 5.91. The zero-order valence-electron chi connectivity index (χ0n) is 16.4. The molecule has 0 aliphatic rings. The van der Waals surface area contributed by atoms with Crippen LogP contribution in [0.3, 0.4) is 0 Å². The first-order chi connectivity index (χ1) is 11.1. The van der Waals surface area contributed by atoms with E-state index in [1.165, 1.54) is 6.04 Å².